The maximum atomic E-state index is 13.4. The van der Waals surface area contributed by atoms with Crippen molar-refractivity contribution < 1.29 is 28.2 Å². The van der Waals surface area contributed by atoms with E-state index in [0.29, 0.717) is 40.2 Å². The van der Waals surface area contributed by atoms with Crippen molar-refractivity contribution >= 4 is 50.8 Å². The number of carbonyl (C=O) groups is 3. The molecule has 10 heteroatoms. The molecular formula is C24H22BrFN2O5S. The number of imide groups is 1. The van der Waals surface area contributed by atoms with Gasteiger partial charge in [-0.15, -0.1) is 0 Å². The fourth-order valence-corrected chi connectivity index (χ4v) is 5.15. The van der Waals surface area contributed by atoms with Gasteiger partial charge in [0.1, 0.15) is 19.0 Å². The van der Waals surface area contributed by atoms with Crippen LogP contribution in [0.1, 0.15) is 24.0 Å². The molecule has 178 valence electrons. The largest absolute Gasteiger partial charge is 0.493 e. The van der Waals surface area contributed by atoms with Gasteiger partial charge in [-0.2, -0.15) is 0 Å². The third kappa shape index (κ3) is 5.44. The topological polar surface area (TPSA) is 76.2 Å². The number of carbonyl (C=O) groups excluding carboxylic acids is 3. The molecule has 7 nitrogen and oxygen atoms in total. The summed E-state index contributed by atoms with van der Waals surface area (Å²) in [5.74, 6) is -0.235. The lowest BCUT2D eigenvalue weighted by molar-refractivity contribution is -0.135. The molecular weight excluding hydrogens is 527 g/mol. The lowest BCUT2D eigenvalue weighted by Gasteiger charge is -2.18. The minimum atomic E-state index is -0.496. The number of methoxy groups -OCH3 is 1. The summed E-state index contributed by atoms with van der Waals surface area (Å²) < 4.78 is 25.3. The molecule has 2 saturated heterocycles. The highest BCUT2D eigenvalue weighted by Crippen LogP contribution is 2.39. The van der Waals surface area contributed by atoms with Crippen LogP contribution in [0.25, 0.3) is 6.08 Å². The Balaban J connectivity index is 1.49. The Labute approximate surface area is 209 Å². The number of amides is 3. The fourth-order valence-electron chi connectivity index (χ4n) is 3.73. The number of halogens is 2. The molecule has 2 heterocycles. The van der Waals surface area contributed by atoms with E-state index in [1.54, 1.807) is 35.2 Å². The number of ether oxygens (including phenoxy) is 2. The van der Waals surface area contributed by atoms with Crippen LogP contribution in [0.4, 0.5) is 9.18 Å². The second-order valence-electron chi connectivity index (χ2n) is 7.81. The quantitative estimate of drug-likeness (QED) is 0.461. The van der Waals surface area contributed by atoms with E-state index in [1.165, 1.54) is 19.2 Å². The number of benzene rings is 2. The number of hydrogen-bond donors (Lipinski definition) is 0. The summed E-state index contributed by atoms with van der Waals surface area (Å²) in [6, 6.07) is 9.51. The fraction of sp³-hybridized carbons (Fsp3) is 0.292. The van der Waals surface area contributed by atoms with Crippen LogP contribution < -0.4 is 9.47 Å². The van der Waals surface area contributed by atoms with Crippen molar-refractivity contribution in [3.8, 4) is 11.5 Å². The molecule has 2 aromatic rings. The lowest BCUT2D eigenvalue weighted by atomic mass is 10.1. The zero-order chi connectivity index (χ0) is 24.2. The van der Waals surface area contributed by atoms with Crippen molar-refractivity contribution in [2.45, 2.75) is 19.4 Å². The van der Waals surface area contributed by atoms with Gasteiger partial charge in [0.25, 0.3) is 11.1 Å². The molecule has 34 heavy (non-hydrogen) atoms. The van der Waals surface area contributed by atoms with Gasteiger partial charge in [0, 0.05) is 13.1 Å². The number of likely N-dealkylation sites (tertiary alicyclic amines) is 1. The lowest BCUT2D eigenvalue weighted by Crippen LogP contribution is -2.40. The number of hydrogen-bond acceptors (Lipinski definition) is 6. The maximum absolute atomic E-state index is 13.4. The van der Waals surface area contributed by atoms with E-state index in [4.69, 9.17) is 9.47 Å². The highest BCUT2D eigenvalue weighted by molar-refractivity contribution is 9.10. The maximum Gasteiger partial charge on any atom is 0.294 e. The molecule has 0 spiro atoms. The van der Waals surface area contributed by atoms with Gasteiger partial charge in [0.2, 0.25) is 5.91 Å². The summed E-state index contributed by atoms with van der Waals surface area (Å²) in [5, 5.41) is -0.468. The summed E-state index contributed by atoms with van der Waals surface area (Å²) in [5.41, 5.74) is 1.27. The minimum Gasteiger partial charge on any atom is -0.493 e. The average Bonchev–Trinajstić information content (AvgIpc) is 3.43. The van der Waals surface area contributed by atoms with Crippen LogP contribution in [-0.4, -0.2) is 53.6 Å². The van der Waals surface area contributed by atoms with Crippen LogP contribution in [0.2, 0.25) is 0 Å². The second kappa shape index (κ2) is 10.6. The van der Waals surface area contributed by atoms with E-state index >= 15 is 0 Å². The van der Waals surface area contributed by atoms with E-state index in [1.807, 2.05) is 0 Å². The third-order valence-corrected chi connectivity index (χ3v) is 6.94. The van der Waals surface area contributed by atoms with Gasteiger partial charge in [-0.1, -0.05) is 12.1 Å². The van der Waals surface area contributed by atoms with E-state index in [0.717, 1.165) is 29.5 Å². The van der Waals surface area contributed by atoms with Gasteiger partial charge in [0.05, 0.1) is 16.5 Å². The zero-order valence-corrected chi connectivity index (χ0v) is 20.8. The van der Waals surface area contributed by atoms with Gasteiger partial charge in [-0.3, -0.25) is 19.3 Å². The van der Waals surface area contributed by atoms with E-state index in [2.05, 4.69) is 15.9 Å². The average molecular weight is 549 g/mol. The van der Waals surface area contributed by atoms with E-state index in [-0.39, 0.29) is 29.8 Å². The number of thioether (sulfide) groups is 1. The first-order valence-corrected chi connectivity index (χ1v) is 12.2. The Bertz CT molecular complexity index is 1170. The molecule has 2 aromatic carbocycles. The molecule has 4 rings (SSSR count). The van der Waals surface area contributed by atoms with E-state index < -0.39 is 11.1 Å². The Kier molecular flexibility index (Phi) is 7.57. The van der Waals surface area contributed by atoms with Crippen molar-refractivity contribution in [2.24, 2.45) is 0 Å². The summed E-state index contributed by atoms with van der Waals surface area (Å²) in [7, 11) is 1.48. The van der Waals surface area contributed by atoms with Gasteiger partial charge >= 0.3 is 0 Å². The smallest absolute Gasteiger partial charge is 0.294 e. The SMILES string of the molecule is COc1cc(/C=C2/SC(=O)N(CC(=O)N3CCCC3)C2=O)cc(Br)c1OCc1cccc(F)c1. The van der Waals surface area contributed by atoms with Crippen molar-refractivity contribution in [2.75, 3.05) is 26.7 Å². The van der Waals surface area contributed by atoms with Crippen LogP contribution in [-0.2, 0) is 16.2 Å². The monoisotopic (exact) mass is 548 g/mol. The zero-order valence-electron chi connectivity index (χ0n) is 18.4. The third-order valence-electron chi connectivity index (χ3n) is 5.45. The standard InChI is InChI=1S/C24H22BrFN2O5S/c1-32-19-11-16(10-18(25)22(19)33-14-15-5-4-6-17(26)9-15)12-20-23(30)28(24(31)34-20)13-21(29)27-7-2-3-8-27/h4-6,9-12H,2-3,7-8,13-14H2,1H3/b20-12+. The normalized spacial score (nSPS) is 17.1. The molecule has 0 aromatic heterocycles. The first-order valence-electron chi connectivity index (χ1n) is 10.6. The highest BCUT2D eigenvalue weighted by Gasteiger charge is 2.37. The molecule has 0 aliphatic carbocycles. The molecule has 3 amide bonds. The Morgan fingerprint density at radius 2 is 1.97 bits per heavy atom. The predicted molar refractivity (Wildman–Crippen MR) is 130 cm³/mol. The molecule has 0 atom stereocenters. The van der Waals surface area contributed by atoms with Crippen LogP contribution in [0.5, 0.6) is 11.5 Å². The van der Waals surface area contributed by atoms with Crippen molar-refractivity contribution in [1.29, 1.82) is 0 Å². The highest BCUT2D eigenvalue weighted by atomic mass is 79.9. The van der Waals surface area contributed by atoms with Crippen LogP contribution >= 0.6 is 27.7 Å². The molecule has 2 aliphatic heterocycles. The van der Waals surface area contributed by atoms with Gasteiger partial charge < -0.3 is 14.4 Å². The van der Waals surface area contributed by atoms with Crippen molar-refractivity contribution in [3.05, 3.63) is 62.7 Å². The molecule has 0 radical (unpaired) electrons. The van der Waals surface area contributed by atoms with Crippen LogP contribution in [0, 0.1) is 5.82 Å². The summed E-state index contributed by atoms with van der Waals surface area (Å²) in [4.78, 5) is 40.5. The van der Waals surface area contributed by atoms with E-state index in [9.17, 15) is 18.8 Å². The van der Waals surface area contributed by atoms with Crippen LogP contribution in [0.3, 0.4) is 0 Å². The number of nitrogens with zero attached hydrogens (tertiary/aromatic N) is 2. The summed E-state index contributed by atoms with van der Waals surface area (Å²) in [6.45, 7) is 1.20. The van der Waals surface area contributed by atoms with Gasteiger partial charge in [0.15, 0.2) is 11.5 Å². The molecule has 0 unspecified atom stereocenters. The van der Waals surface area contributed by atoms with Crippen LogP contribution in [0.15, 0.2) is 45.8 Å². The van der Waals surface area contributed by atoms with Gasteiger partial charge in [-0.05, 0) is 82.0 Å². The summed E-state index contributed by atoms with van der Waals surface area (Å²) >= 11 is 4.26. The molecule has 0 saturated carbocycles. The minimum absolute atomic E-state index is 0.135. The Morgan fingerprint density at radius 3 is 2.68 bits per heavy atom. The Hall–Kier alpha value is -2.85. The Morgan fingerprint density at radius 1 is 1.21 bits per heavy atom. The van der Waals surface area contributed by atoms with Crippen molar-refractivity contribution in [1.82, 2.24) is 9.80 Å². The molecule has 2 aliphatic rings. The molecule has 0 bridgehead atoms. The van der Waals surface area contributed by atoms with Crippen molar-refractivity contribution in [3.63, 3.8) is 0 Å². The summed E-state index contributed by atoms with van der Waals surface area (Å²) in [6.07, 6.45) is 3.45. The first-order chi connectivity index (χ1) is 16.4. The second-order valence-corrected chi connectivity index (χ2v) is 9.66. The number of rotatable bonds is 7. The molecule has 0 N–H and O–H groups in total. The molecule has 2 fully saturated rings. The predicted octanol–water partition coefficient (Wildman–Crippen LogP) is 4.83. The van der Waals surface area contributed by atoms with Gasteiger partial charge in [-0.25, -0.2) is 4.39 Å². The first kappa shape index (κ1) is 24.3.